The van der Waals surface area contributed by atoms with Crippen molar-refractivity contribution in [2.75, 3.05) is 0 Å². The van der Waals surface area contributed by atoms with Gasteiger partial charge in [0.05, 0.1) is 5.71 Å². The first-order chi connectivity index (χ1) is 11.6. The zero-order valence-corrected chi connectivity index (χ0v) is 13.3. The van der Waals surface area contributed by atoms with E-state index in [9.17, 15) is 9.59 Å². The third-order valence-electron chi connectivity index (χ3n) is 3.73. The summed E-state index contributed by atoms with van der Waals surface area (Å²) in [6.07, 6.45) is 1.57. The van der Waals surface area contributed by atoms with Crippen LogP contribution < -0.4 is 11.0 Å². The standard InChI is InChI=1S/C19H17N3O2/c1-14(16-10-9-15-6-2-3-7-17(15)12-16)20-21-18(23)13-22-11-5-4-8-19(22)24/h2-12H,13H2,1H3,(H,21,23)/b20-14-. The molecule has 5 heteroatoms. The first kappa shape index (κ1) is 15.7. The summed E-state index contributed by atoms with van der Waals surface area (Å²) in [6, 6.07) is 18.8. The lowest BCUT2D eigenvalue weighted by Crippen LogP contribution is -2.29. The van der Waals surface area contributed by atoms with Crippen LogP contribution in [0.3, 0.4) is 0 Å². The van der Waals surface area contributed by atoms with Gasteiger partial charge in [0.2, 0.25) is 0 Å². The Morgan fingerprint density at radius 1 is 1.04 bits per heavy atom. The summed E-state index contributed by atoms with van der Waals surface area (Å²) < 4.78 is 1.33. The quantitative estimate of drug-likeness (QED) is 0.593. The number of carbonyl (C=O) groups is 1. The van der Waals surface area contributed by atoms with Gasteiger partial charge in [-0.15, -0.1) is 0 Å². The number of hydrazone groups is 1. The number of aromatic nitrogens is 1. The molecule has 3 rings (SSSR count). The SMILES string of the molecule is C/C(=N/NC(=O)Cn1ccccc1=O)c1ccc2ccccc2c1. The minimum Gasteiger partial charge on any atom is -0.306 e. The Balaban J connectivity index is 1.72. The van der Waals surface area contributed by atoms with Crippen LogP contribution in [-0.4, -0.2) is 16.2 Å². The maximum absolute atomic E-state index is 11.9. The van der Waals surface area contributed by atoms with Crippen LogP contribution in [0.15, 0.2) is 76.8 Å². The van der Waals surface area contributed by atoms with E-state index < -0.39 is 0 Å². The first-order valence-electron chi connectivity index (χ1n) is 7.61. The molecule has 0 aliphatic carbocycles. The molecule has 0 fully saturated rings. The Morgan fingerprint density at radius 2 is 1.79 bits per heavy atom. The van der Waals surface area contributed by atoms with Crippen LogP contribution >= 0.6 is 0 Å². The molecule has 5 nitrogen and oxygen atoms in total. The maximum Gasteiger partial charge on any atom is 0.260 e. The number of pyridine rings is 1. The molecule has 120 valence electrons. The van der Waals surface area contributed by atoms with E-state index in [-0.39, 0.29) is 18.0 Å². The second-order valence-corrected chi connectivity index (χ2v) is 5.46. The highest BCUT2D eigenvalue weighted by Crippen LogP contribution is 2.16. The monoisotopic (exact) mass is 319 g/mol. The van der Waals surface area contributed by atoms with Crippen LogP contribution in [0.1, 0.15) is 12.5 Å². The van der Waals surface area contributed by atoms with Gasteiger partial charge in [-0.25, -0.2) is 5.43 Å². The molecule has 0 spiro atoms. The van der Waals surface area contributed by atoms with Gasteiger partial charge in [-0.1, -0.05) is 42.5 Å². The molecule has 0 aliphatic rings. The molecule has 1 heterocycles. The predicted molar refractivity (Wildman–Crippen MR) is 95.0 cm³/mol. The highest BCUT2D eigenvalue weighted by atomic mass is 16.2. The van der Waals surface area contributed by atoms with Crippen molar-refractivity contribution in [1.29, 1.82) is 0 Å². The second kappa shape index (κ2) is 6.91. The van der Waals surface area contributed by atoms with Crippen molar-refractivity contribution >= 4 is 22.4 Å². The largest absolute Gasteiger partial charge is 0.306 e. The minimum absolute atomic E-state index is 0.0613. The second-order valence-electron chi connectivity index (χ2n) is 5.46. The Kier molecular flexibility index (Phi) is 4.52. The van der Waals surface area contributed by atoms with Crippen LogP contribution in [0.5, 0.6) is 0 Å². The van der Waals surface area contributed by atoms with Gasteiger partial charge in [0.15, 0.2) is 0 Å². The van der Waals surface area contributed by atoms with Crippen LogP contribution in [0.2, 0.25) is 0 Å². The van der Waals surface area contributed by atoms with E-state index in [0.717, 1.165) is 16.3 Å². The fraction of sp³-hybridized carbons (Fsp3) is 0.105. The number of rotatable bonds is 4. The van der Waals surface area contributed by atoms with E-state index in [0.29, 0.717) is 5.71 Å². The molecular weight excluding hydrogens is 302 g/mol. The van der Waals surface area contributed by atoms with E-state index in [1.54, 1.807) is 18.3 Å². The highest BCUT2D eigenvalue weighted by molar-refractivity contribution is 6.02. The van der Waals surface area contributed by atoms with Gasteiger partial charge in [0, 0.05) is 12.3 Å². The minimum atomic E-state index is -0.344. The smallest absolute Gasteiger partial charge is 0.260 e. The third-order valence-corrected chi connectivity index (χ3v) is 3.73. The molecule has 0 bridgehead atoms. The van der Waals surface area contributed by atoms with Gasteiger partial charge in [-0.3, -0.25) is 9.59 Å². The number of fused-ring (bicyclic) bond motifs is 1. The van der Waals surface area contributed by atoms with Crippen LogP contribution in [0.4, 0.5) is 0 Å². The lowest BCUT2D eigenvalue weighted by atomic mass is 10.0. The number of hydrogen-bond donors (Lipinski definition) is 1. The highest BCUT2D eigenvalue weighted by Gasteiger charge is 2.04. The average molecular weight is 319 g/mol. The van der Waals surface area contributed by atoms with Crippen LogP contribution in [0, 0.1) is 0 Å². The molecule has 0 saturated carbocycles. The van der Waals surface area contributed by atoms with E-state index in [1.807, 2.05) is 49.4 Å². The van der Waals surface area contributed by atoms with E-state index in [1.165, 1.54) is 10.6 Å². The Morgan fingerprint density at radius 3 is 2.58 bits per heavy atom. The molecule has 2 aromatic carbocycles. The van der Waals surface area contributed by atoms with E-state index in [4.69, 9.17) is 0 Å². The molecule has 0 aliphatic heterocycles. The summed E-state index contributed by atoms with van der Waals surface area (Å²) in [5, 5.41) is 6.40. The van der Waals surface area contributed by atoms with E-state index >= 15 is 0 Å². The maximum atomic E-state index is 11.9. The topological polar surface area (TPSA) is 63.5 Å². The molecular formula is C19H17N3O2. The predicted octanol–water partition coefficient (Wildman–Crippen LogP) is 2.54. The van der Waals surface area contributed by atoms with Crippen molar-refractivity contribution in [3.8, 4) is 0 Å². The third kappa shape index (κ3) is 3.57. The van der Waals surface area contributed by atoms with Crippen molar-refractivity contribution in [2.45, 2.75) is 13.5 Å². The molecule has 0 unspecified atom stereocenters. The van der Waals surface area contributed by atoms with Crippen molar-refractivity contribution < 1.29 is 4.79 Å². The molecule has 3 aromatic rings. The van der Waals surface area contributed by atoms with Gasteiger partial charge in [0.25, 0.3) is 11.5 Å². The summed E-state index contributed by atoms with van der Waals surface area (Å²) in [5.41, 5.74) is 3.91. The van der Waals surface area contributed by atoms with Crippen molar-refractivity contribution in [3.05, 3.63) is 82.8 Å². The van der Waals surface area contributed by atoms with Gasteiger partial charge < -0.3 is 4.57 Å². The molecule has 1 amide bonds. The average Bonchev–Trinajstić information content (AvgIpc) is 2.61. The molecule has 1 N–H and O–H groups in total. The Hall–Kier alpha value is -3.21. The zero-order chi connectivity index (χ0) is 16.9. The molecule has 1 aromatic heterocycles. The number of hydrogen-bond acceptors (Lipinski definition) is 3. The van der Waals surface area contributed by atoms with Crippen molar-refractivity contribution in [2.24, 2.45) is 5.10 Å². The molecule has 0 radical (unpaired) electrons. The summed E-state index contributed by atoms with van der Waals surface area (Å²) in [7, 11) is 0. The lowest BCUT2D eigenvalue weighted by molar-refractivity contribution is -0.121. The first-order valence-corrected chi connectivity index (χ1v) is 7.61. The van der Waals surface area contributed by atoms with Crippen molar-refractivity contribution in [1.82, 2.24) is 9.99 Å². The normalized spacial score (nSPS) is 11.5. The summed E-state index contributed by atoms with van der Waals surface area (Å²) in [4.78, 5) is 23.5. The molecule has 24 heavy (non-hydrogen) atoms. The van der Waals surface area contributed by atoms with Gasteiger partial charge in [-0.05, 0) is 35.4 Å². The fourth-order valence-corrected chi connectivity index (χ4v) is 2.41. The molecule has 0 saturated heterocycles. The molecule has 0 atom stereocenters. The van der Waals surface area contributed by atoms with Gasteiger partial charge in [-0.2, -0.15) is 5.10 Å². The Bertz CT molecular complexity index is 973. The number of nitrogens with zero attached hydrogens (tertiary/aromatic N) is 2. The van der Waals surface area contributed by atoms with Crippen molar-refractivity contribution in [3.63, 3.8) is 0 Å². The number of amides is 1. The summed E-state index contributed by atoms with van der Waals surface area (Å²) in [6.45, 7) is 1.77. The number of carbonyl (C=O) groups excluding carboxylic acids is 1. The van der Waals surface area contributed by atoms with Gasteiger partial charge in [0.1, 0.15) is 6.54 Å². The number of benzene rings is 2. The Labute approximate surface area is 139 Å². The van der Waals surface area contributed by atoms with Gasteiger partial charge >= 0.3 is 0 Å². The number of nitrogens with one attached hydrogen (secondary N) is 1. The summed E-state index contributed by atoms with van der Waals surface area (Å²) in [5.74, 6) is -0.344. The van der Waals surface area contributed by atoms with Crippen LogP contribution in [-0.2, 0) is 11.3 Å². The summed E-state index contributed by atoms with van der Waals surface area (Å²) >= 11 is 0. The fourth-order valence-electron chi connectivity index (χ4n) is 2.41. The zero-order valence-electron chi connectivity index (χ0n) is 13.3. The lowest BCUT2D eigenvalue weighted by Gasteiger charge is -2.06. The van der Waals surface area contributed by atoms with E-state index in [2.05, 4.69) is 10.5 Å². The van der Waals surface area contributed by atoms with Crippen LogP contribution in [0.25, 0.3) is 10.8 Å².